The van der Waals surface area contributed by atoms with Gasteiger partial charge in [0.05, 0.1) is 7.11 Å². The molecule has 0 aliphatic heterocycles. The van der Waals surface area contributed by atoms with Gasteiger partial charge in [0.25, 0.3) is 0 Å². The van der Waals surface area contributed by atoms with Crippen molar-refractivity contribution in [2.45, 2.75) is 25.9 Å². The zero-order valence-electron chi connectivity index (χ0n) is 7.85. The number of hydrogen-bond acceptors (Lipinski definition) is 3. The van der Waals surface area contributed by atoms with Crippen molar-refractivity contribution >= 4 is 11.8 Å². The zero-order chi connectivity index (χ0) is 11.4. The number of carbonyl (C=O) groups is 2. The normalized spacial score (nSPS) is 13.5. The molecular weight excluding hydrogens is 201 g/mol. The second-order valence-electron chi connectivity index (χ2n) is 2.74. The smallest absolute Gasteiger partial charge is 0.395 e. The molecule has 14 heavy (non-hydrogen) atoms. The molecule has 0 aliphatic rings. The highest BCUT2D eigenvalue weighted by molar-refractivity contribution is 5.99. The van der Waals surface area contributed by atoms with Crippen molar-refractivity contribution in [3.8, 4) is 0 Å². The van der Waals surface area contributed by atoms with Crippen LogP contribution in [0, 0.1) is 5.92 Å². The predicted molar refractivity (Wildman–Crippen MR) is 41.5 cm³/mol. The Labute approximate surface area is 79.2 Å². The monoisotopic (exact) mass is 212 g/mol. The van der Waals surface area contributed by atoms with E-state index >= 15 is 0 Å². The standard InChI is InChI=1S/C8H11F3O3/c1-3-5(7(13)14-2)6(12)4-8(9,10)11/h5H,3-4H2,1-2H3. The van der Waals surface area contributed by atoms with Gasteiger partial charge in [0.2, 0.25) is 0 Å². The number of halogens is 3. The van der Waals surface area contributed by atoms with Crippen LogP contribution >= 0.6 is 0 Å². The number of esters is 1. The van der Waals surface area contributed by atoms with E-state index in [2.05, 4.69) is 4.74 Å². The maximum absolute atomic E-state index is 11.8. The number of alkyl halides is 3. The van der Waals surface area contributed by atoms with Crippen LogP contribution in [0.1, 0.15) is 19.8 Å². The van der Waals surface area contributed by atoms with Crippen molar-refractivity contribution < 1.29 is 27.5 Å². The Balaban J connectivity index is 4.40. The Morgan fingerprint density at radius 1 is 1.36 bits per heavy atom. The molecule has 0 heterocycles. The maximum Gasteiger partial charge on any atom is 0.395 e. The van der Waals surface area contributed by atoms with E-state index in [0.717, 1.165) is 7.11 Å². The van der Waals surface area contributed by atoms with E-state index < -0.39 is 30.3 Å². The lowest BCUT2D eigenvalue weighted by atomic mass is 9.99. The van der Waals surface area contributed by atoms with Crippen LogP contribution in [0.25, 0.3) is 0 Å². The summed E-state index contributed by atoms with van der Waals surface area (Å²) in [6.45, 7) is 1.45. The molecule has 0 saturated carbocycles. The van der Waals surface area contributed by atoms with Crippen LogP contribution < -0.4 is 0 Å². The maximum atomic E-state index is 11.8. The fraction of sp³-hybridized carbons (Fsp3) is 0.750. The Morgan fingerprint density at radius 2 is 1.86 bits per heavy atom. The molecule has 0 rings (SSSR count). The summed E-state index contributed by atoms with van der Waals surface area (Å²) in [4.78, 5) is 21.8. The lowest BCUT2D eigenvalue weighted by Gasteiger charge is -2.12. The highest BCUT2D eigenvalue weighted by atomic mass is 19.4. The molecule has 1 atom stereocenters. The first-order valence-electron chi connectivity index (χ1n) is 3.99. The van der Waals surface area contributed by atoms with E-state index in [0.29, 0.717) is 0 Å². The van der Waals surface area contributed by atoms with Crippen LogP contribution in [0.3, 0.4) is 0 Å². The van der Waals surface area contributed by atoms with Gasteiger partial charge < -0.3 is 4.74 Å². The van der Waals surface area contributed by atoms with Crippen molar-refractivity contribution in [3.63, 3.8) is 0 Å². The molecular formula is C8H11F3O3. The zero-order valence-corrected chi connectivity index (χ0v) is 7.85. The molecule has 3 nitrogen and oxygen atoms in total. The third kappa shape index (κ3) is 4.25. The minimum atomic E-state index is -4.57. The topological polar surface area (TPSA) is 43.4 Å². The number of rotatable bonds is 4. The van der Waals surface area contributed by atoms with Gasteiger partial charge >= 0.3 is 12.1 Å². The number of hydrogen-bond donors (Lipinski definition) is 0. The van der Waals surface area contributed by atoms with Gasteiger partial charge in [-0.3, -0.25) is 9.59 Å². The minimum absolute atomic E-state index is 0.0155. The minimum Gasteiger partial charge on any atom is -0.468 e. The van der Waals surface area contributed by atoms with Gasteiger partial charge in [-0.25, -0.2) is 0 Å². The van der Waals surface area contributed by atoms with E-state index in [1.165, 1.54) is 6.92 Å². The average Bonchev–Trinajstić information content (AvgIpc) is 2.01. The Morgan fingerprint density at radius 3 is 2.14 bits per heavy atom. The summed E-state index contributed by atoms with van der Waals surface area (Å²) >= 11 is 0. The second kappa shape index (κ2) is 4.97. The fourth-order valence-electron chi connectivity index (χ4n) is 0.989. The predicted octanol–water partition coefficient (Wildman–Crippen LogP) is 1.71. The van der Waals surface area contributed by atoms with Crippen molar-refractivity contribution in [1.29, 1.82) is 0 Å². The van der Waals surface area contributed by atoms with Crippen molar-refractivity contribution in [2.24, 2.45) is 5.92 Å². The molecule has 0 spiro atoms. The van der Waals surface area contributed by atoms with Crippen molar-refractivity contribution in [3.05, 3.63) is 0 Å². The summed E-state index contributed by atoms with van der Waals surface area (Å²) in [6, 6.07) is 0. The summed E-state index contributed by atoms with van der Waals surface area (Å²) in [5, 5.41) is 0. The van der Waals surface area contributed by atoms with E-state index in [9.17, 15) is 22.8 Å². The molecule has 0 radical (unpaired) electrons. The number of carbonyl (C=O) groups excluding carboxylic acids is 2. The molecule has 0 bridgehead atoms. The number of methoxy groups -OCH3 is 1. The molecule has 0 amide bonds. The molecule has 0 aliphatic carbocycles. The number of ether oxygens (including phenoxy) is 1. The largest absolute Gasteiger partial charge is 0.468 e. The molecule has 82 valence electrons. The first kappa shape index (κ1) is 12.9. The van der Waals surface area contributed by atoms with Crippen LogP contribution in [0.15, 0.2) is 0 Å². The van der Waals surface area contributed by atoms with Crippen molar-refractivity contribution in [2.75, 3.05) is 7.11 Å². The summed E-state index contributed by atoms with van der Waals surface area (Å²) in [7, 11) is 1.03. The van der Waals surface area contributed by atoms with Gasteiger partial charge in [0.1, 0.15) is 12.3 Å². The van der Waals surface area contributed by atoms with Gasteiger partial charge in [0, 0.05) is 0 Å². The van der Waals surface area contributed by atoms with Crippen LogP contribution in [0.5, 0.6) is 0 Å². The first-order valence-corrected chi connectivity index (χ1v) is 3.99. The molecule has 6 heteroatoms. The Hall–Kier alpha value is -1.07. The SMILES string of the molecule is CCC(C(=O)CC(F)(F)F)C(=O)OC. The van der Waals surface area contributed by atoms with E-state index in [1.54, 1.807) is 0 Å². The quantitative estimate of drug-likeness (QED) is 0.526. The molecule has 1 unspecified atom stereocenters. The van der Waals surface area contributed by atoms with Crippen LogP contribution in [-0.4, -0.2) is 25.0 Å². The summed E-state index contributed by atoms with van der Waals surface area (Å²) in [5.41, 5.74) is 0. The Bertz CT molecular complexity index is 222. The van der Waals surface area contributed by atoms with Gasteiger partial charge in [-0.05, 0) is 6.42 Å². The summed E-state index contributed by atoms with van der Waals surface area (Å²) < 4.78 is 39.6. The van der Waals surface area contributed by atoms with Crippen LogP contribution in [-0.2, 0) is 14.3 Å². The molecule has 0 aromatic rings. The fourth-order valence-corrected chi connectivity index (χ4v) is 0.989. The van der Waals surface area contributed by atoms with Gasteiger partial charge in [-0.15, -0.1) is 0 Å². The van der Waals surface area contributed by atoms with Gasteiger partial charge in [0.15, 0.2) is 5.78 Å². The molecule has 0 aromatic heterocycles. The summed E-state index contributed by atoms with van der Waals surface area (Å²) in [6.07, 6.45) is -6.14. The molecule has 0 saturated heterocycles. The van der Waals surface area contributed by atoms with Crippen LogP contribution in [0.4, 0.5) is 13.2 Å². The van der Waals surface area contributed by atoms with E-state index in [-0.39, 0.29) is 6.42 Å². The molecule has 0 fully saturated rings. The second-order valence-corrected chi connectivity index (χ2v) is 2.74. The highest BCUT2D eigenvalue weighted by Gasteiger charge is 2.36. The van der Waals surface area contributed by atoms with Gasteiger partial charge in [-0.1, -0.05) is 6.92 Å². The Kier molecular flexibility index (Phi) is 4.59. The van der Waals surface area contributed by atoms with Crippen molar-refractivity contribution in [1.82, 2.24) is 0 Å². The summed E-state index contributed by atoms with van der Waals surface area (Å²) in [5.74, 6) is -3.37. The third-order valence-corrected chi connectivity index (χ3v) is 1.66. The first-order chi connectivity index (χ1) is 6.31. The lowest BCUT2D eigenvalue weighted by Crippen LogP contribution is -2.28. The van der Waals surface area contributed by atoms with E-state index in [4.69, 9.17) is 0 Å². The number of Topliss-reactive ketones (excluding diaryl/α,β-unsaturated/α-hetero) is 1. The molecule has 0 aromatic carbocycles. The highest BCUT2D eigenvalue weighted by Crippen LogP contribution is 2.23. The van der Waals surface area contributed by atoms with Gasteiger partial charge in [-0.2, -0.15) is 13.2 Å². The number of ketones is 1. The molecule has 0 N–H and O–H groups in total. The third-order valence-electron chi connectivity index (χ3n) is 1.66. The van der Waals surface area contributed by atoms with Crippen LogP contribution in [0.2, 0.25) is 0 Å². The van der Waals surface area contributed by atoms with E-state index in [1.807, 2.05) is 0 Å². The lowest BCUT2D eigenvalue weighted by molar-refractivity contribution is -0.161. The average molecular weight is 212 g/mol.